The van der Waals surface area contributed by atoms with E-state index in [1.165, 1.54) is 22.3 Å². The first-order chi connectivity index (χ1) is 20.1. The van der Waals surface area contributed by atoms with Crippen molar-refractivity contribution in [2.24, 2.45) is 16.0 Å². The molecule has 41 heavy (non-hydrogen) atoms. The van der Waals surface area contributed by atoms with E-state index in [2.05, 4.69) is 69.1 Å². The highest BCUT2D eigenvalue weighted by atomic mass is 16.1. The standard InChI is InChI=1S/C33H29N7O/c1-19-10-20(2-9-30(19)40-17-36-37-18-40)11-31(41)21-5-6-25-26(13-21)33(22-3-4-23-14-34-15-24(23)12-22)38-29-8-7-28-27(32(25)29)16-35-39-28/h2-4,7-10,12,15-18,21,27-28,39H,5-6,11,13-14H2,1H3. The first kappa shape index (κ1) is 24.1. The van der Waals surface area contributed by atoms with Crippen LogP contribution in [0.1, 0.15) is 57.0 Å². The number of carbonyl (C=O) groups is 1. The Morgan fingerprint density at radius 3 is 2.88 bits per heavy atom. The van der Waals surface area contributed by atoms with Gasteiger partial charge in [-0.05, 0) is 83.3 Å². The summed E-state index contributed by atoms with van der Waals surface area (Å²) >= 11 is 0. The highest BCUT2D eigenvalue weighted by Crippen LogP contribution is 2.42. The summed E-state index contributed by atoms with van der Waals surface area (Å²) in [5.41, 5.74) is 15.8. The molecular weight excluding hydrogens is 510 g/mol. The second-order valence-electron chi connectivity index (χ2n) is 11.5. The van der Waals surface area contributed by atoms with Crippen LogP contribution in [0.3, 0.4) is 0 Å². The Morgan fingerprint density at radius 2 is 2.00 bits per heavy atom. The van der Waals surface area contributed by atoms with Crippen molar-refractivity contribution in [1.82, 2.24) is 25.2 Å². The average molecular weight is 540 g/mol. The molecule has 0 amide bonds. The SMILES string of the molecule is Cc1cc(CC(=O)C2CCc3c(c(-c4ccc5c(c4)C=NC5)nc4c3C3C=NNC3C=C4)C2)ccc1-n1cnnc1. The number of nitrogens with one attached hydrogen (secondary N) is 1. The number of aromatic nitrogens is 4. The zero-order valence-corrected chi connectivity index (χ0v) is 22.8. The van der Waals surface area contributed by atoms with Crippen LogP contribution < -0.4 is 5.43 Å². The smallest absolute Gasteiger partial charge is 0.140 e. The van der Waals surface area contributed by atoms with Gasteiger partial charge in [-0.3, -0.25) is 14.4 Å². The van der Waals surface area contributed by atoms with E-state index in [0.29, 0.717) is 18.6 Å². The zero-order valence-electron chi connectivity index (χ0n) is 22.8. The van der Waals surface area contributed by atoms with Gasteiger partial charge in [-0.25, -0.2) is 4.98 Å². The molecule has 4 aliphatic rings. The maximum absolute atomic E-state index is 13.8. The Kier molecular flexibility index (Phi) is 5.55. The molecule has 4 heterocycles. The molecule has 3 atom stereocenters. The van der Waals surface area contributed by atoms with Gasteiger partial charge in [0.2, 0.25) is 0 Å². The molecule has 4 aromatic rings. The van der Waals surface area contributed by atoms with Crippen LogP contribution in [-0.2, 0) is 30.6 Å². The maximum atomic E-state index is 13.8. The number of fused-ring (bicyclic) bond motifs is 6. The molecule has 202 valence electrons. The maximum Gasteiger partial charge on any atom is 0.140 e. The van der Waals surface area contributed by atoms with Gasteiger partial charge >= 0.3 is 0 Å². The minimum Gasteiger partial charge on any atom is -0.302 e. The van der Waals surface area contributed by atoms with Crippen molar-refractivity contribution < 1.29 is 4.79 Å². The fourth-order valence-electron chi connectivity index (χ4n) is 6.92. The number of ketones is 1. The van der Waals surface area contributed by atoms with Gasteiger partial charge in [-0.2, -0.15) is 5.10 Å². The third kappa shape index (κ3) is 4.05. The first-order valence-electron chi connectivity index (χ1n) is 14.3. The minimum atomic E-state index is -0.0415. The highest BCUT2D eigenvalue weighted by molar-refractivity contribution is 5.88. The molecule has 2 aromatic carbocycles. The van der Waals surface area contributed by atoms with Gasteiger partial charge in [-0.15, -0.1) is 10.2 Å². The number of hydrogen-bond acceptors (Lipinski definition) is 7. The lowest BCUT2D eigenvalue weighted by Gasteiger charge is -2.32. The summed E-state index contributed by atoms with van der Waals surface area (Å²) in [6.07, 6.45) is 14.5. The third-order valence-corrected chi connectivity index (χ3v) is 9.02. The van der Waals surface area contributed by atoms with Gasteiger partial charge in [0.1, 0.15) is 18.4 Å². The van der Waals surface area contributed by atoms with Gasteiger partial charge in [0.05, 0.1) is 29.7 Å². The molecule has 0 bridgehead atoms. The topological polar surface area (TPSA) is 97.4 Å². The molecule has 2 aliphatic carbocycles. The summed E-state index contributed by atoms with van der Waals surface area (Å²) in [7, 11) is 0. The number of benzene rings is 2. The normalized spacial score (nSPS) is 21.2. The lowest BCUT2D eigenvalue weighted by Crippen LogP contribution is -2.31. The molecule has 3 unspecified atom stereocenters. The fourth-order valence-corrected chi connectivity index (χ4v) is 6.92. The van der Waals surface area contributed by atoms with Crippen molar-refractivity contribution in [2.45, 2.75) is 51.1 Å². The second kappa shape index (κ2) is 9.44. The Bertz CT molecular complexity index is 1800. The summed E-state index contributed by atoms with van der Waals surface area (Å²) in [5, 5.41) is 12.2. The van der Waals surface area contributed by atoms with Crippen molar-refractivity contribution in [1.29, 1.82) is 0 Å². The van der Waals surface area contributed by atoms with E-state index in [1.807, 2.05) is 29.1 Å². The lowest BCUT2D eigenvalue weighted by molar-refractivity contribution is -0.122. The fraction of sp³-hybridized carbons (Fsp3) is 0.273. The van der Waals surface area contributed by atoms with Crippen molar-refractivity contribution >= 4 is 24.3 Å². The molecule has 2 aromatic heterocycles. The van der Waals surface area contributed by atoms with Gasteiger partial charge < -0.3 is 5.43 Å². The molecule has 0 saturated heterocycles. The number of hydrazone groups is 1. The van der Waals surface area contributed by atoms with Crippen LogP contribution in [0.25, 0.3) is 23.0 Å². The monoisotopic (exact) mass is 539 g/mol. The summed E-state index contributed by atoms with van der Waals surface area (Å²) in [6.45, 7) is 2.80. The number of hydrogen-bond donors (Lipinski definition) is 1. The van der Waals surface area contributed by atoms with Crippen molar-refractivity contribution in [3.63, 3.8) is 0 Å². The Hall–Kier alpha value is -4.72. The van der Waals surface area contributed by atoms with E-state index in [0.717, 1.165) is 58.7 Å². The van der Waals surface area contributed by atoms with Crippen LogP contribution in [0.15, 0.2) is 65.2 Å². The molecule has 8 heteroatoms. The van der Waals surface area contributed by atoms with E-state index in [9.17, 15) is 4.79 Å². The van der Waals surface area contributed by atoms with Crippen LogP contribution in [0.5, 0.6) is 0 Å². The summed E-state index contributed by atoms with van der Waals surface area (Å²) < 4.78 is 1.89. The predicted octanol–water partition coefficient (Wildman–Crippen LogP) is 4.55. The third-order valence-electron chi connectivity index (χ3n) is 9.02. The first-order valence-corrected chi connectivity index (χ1v) is 14.3. The van der Waals surface area contributed by atoms with Gasteiger partial charge in [0, 0.05) is 36.2 Å². The predicted molar refractivity (Wildman–Crippen MR) is 158 cm³/mol. The molecule has 1 N–H and O–H groups in total. The number of carbonyl (C=O) groups excluding carboxylic acids is 1. The summed E-state index contributed by atoms with van der Waals surface area (Å²) in [5.74, 6) is 0.427. The van der Waals surface area contributed by atoms with E-state index in [4.69, 9.17) is 4.98 Å². The number of rotatable bonds is 5. The van der Waals surface area contributed by atoms with E-state index >= 15 is 0 Å². The van der Waals surface area contributed by atoms with Gasteiger partial charge in [0.25, 0.3) is 0 Å². The Balaban J connectivity index is 1.14. The quantitative estimate of drug-likeness (QED) is 0.401. The molecule has 8 nitrogen and oxygen atoms in total. The molecule has 0 spiro atoms. The molecule has 0 fully saturated rings. The zero-order chi connectivity index (χ0) is 27.5. The van der Waals surface area contributed by atoms with Crippen LogP contribution in [0.2, 0.25) is 0 Å². The van der Waals surface area contributed by atoms with Gasteiger partial charge in [-0.1, -0.05) is 30.3 Å². The number of aliphatic imine (C=N–C) groups is 1. The lowest BCUT2D eigenvalue weighted by atomic mass is 9.73. The molecule has 0 saturated carbocycles. The van der Waals surface area contributed by atoms with Crippen LogP contribution in [-0.4, -0.2) is 44.0 Å². The second-order valence-corrected chi connectivity index (χ2v) is 11.5. The number of nitrogens with zero attached hydrogens (tertiary/aromatic N) is 6. The Morgan fingerprint density at radius 1 is 1.10 bits per heavy atom. The summed E-state index contributed by atoms with van der Waals surface area (Å²) in [4.78, 5) is 23.5. The number of pyridine rings is 1. The van der Waals surface area contributed by atoms with E-state index < -0.39 is 0 Å². The molecular formula is C33H29N7O. The van der Waals surface area contributed by atoms with E-state index in [-0.39, 0.29) is 17.9 Å². The number of aryl methyl sites for hydroxylation is 1. The van der Waals surface area contributed by atoms with Crippen LogP contribution in [0, 0.1) is 12.8 Å². The van der Waals surface area contributed by atoms with Crippen molar-refractivity contribution in [2.75, 3.05) is 0 Å². The van der Waals surface area contributed by atoms with Crippen molar-refractivity contribution in [3.05, 3.63) is 99.8 Å². The highest BCUT2D eigenvalue weighted by Gasteiger charge is 2.36. The largest absolute Gasteiger partial charge is 0.302 e. The van der Waals surface area contributed by atoms with Crippen LogP contribution >= 0.6 is 0 Å². The molecule has 8 rings (SSSR count). The minimum absolute atomic E-state index is 0.0415. The molecule has 2 aliphatic heterocycles. The average Bonchev–Trinajstić information content (AvgIpc) is 3.78. The van der Waals surface area contributed by atoms with Crippen LogP contribution in [0.4, 0.5) is 0 Å². The number of Topliss-reactive ketones (excluding diaryl/α,β-unsaturated/α-hetero) is 1. The Labute approximate surface area is 238 Å². The van der Waals surface area contributed by atoms with E-state index in [1.54, 1.807) is 12.7 Å². The van der Waals surface area contributed by atoms with Gasteiger partial charge in [0.15, 0.2) is 0 Å². The van der Waals surface area contributed by atoms with Crippen molar-refractivity contribution in [3.8, 4) is 16.9 Å². The molecule has 0 radical (unpaired) electrons. The summed E-state index contributed by atoms with van der Waals surface area (Å²) in [6, 6.07) is 12.9.